The molecule has 1 aromatic rings. The molecule has 0 bridgehead atoms. The van der Waals surface area contributed by atoms with Gasteiger partial charge in [0.05, 0.1) is 0 Å². The van der Waals surface area contributed by atoms with Crippen LogP contribution in [0.15, 0.2) is 12.1 Å². The van der Waals surface area contributed by atoms with Gasteiger partial charge in [0.25, 0.3) is 0 Å². The minimum atomic E-state index is -0.462. The zero-order valence-corrected chi connectivity index (χ0v) is 13.0. The lowest BCUT2D eigenvalue weighted by Gasteiger charge is -2.35. The Hall–Kier alpha value is -0.640. The first kappa shape index (κ1) is 14.8. The Kier molecular flexibility index (Phi) is 4.82. The lowest BCUT2D eigenvalue weighted by atomic mass is 9.86. The van der Waals surface area contributed by atoms with Crippen LogP contribution in [0.25, 0.3) is 0 Å². The Balaban J connectivity index is 2.21. The number of rotatable bonds is 3. The van der Waals surface area contributed by atoms with Gasteiger partial charge in [-0.1, -0.05) is 22.9 Å². The summed E-state index contributed by atoms with van der Waals surface area (Å²) in [5.41, 5.74) is 0.744. The molecule has 1 aliphatic carbocycles. The van der Waals surface area contributed by atoms with Gasteiger partial charge in [0.15, 0.2) is 0 Å². The lowest BCUT2D eigenvalue weighted by molar-refractivity contribution is 0.338. The molecule has 0 aromatic heterocycles. The summed E-state index contributed by atoms with van der Waals surface area (Å²) >= 11 is 3.22. The van der Waals surface area contributed by atoms with Crippen molar-refractivity contribution in [1.29, 1.82) is 0 Å². The number of alkyl halides is 1. The van der Waals surface area contributed by atoms with E-state index in [0.717, 1.165) is 31.6 Å². The van der Waals surface area contributed by atoms with E-state index in [4.69, 9.17) is 0 Å². The zero-order valence-electron chi connectivity index (χ0n) is 11.4. The topological polar surface area (TPSA) is 3.24 Å². The Labute approximate surface area is 122 Å². The second-order valence-electron chi connectivity index (χ2n) is 5.57. The molecule has 0 unspecified atom stereocenters. The molecule has 0 atom stereocenters. The van der Waals surface area contributed by atoms with Crippen LogP contribution >= 0.6 is 15.9 Å². The molecular weight excluding hydrogens is 312 g/mol. The summed E-state index contributed by atoms with van der Waals surface area (Å²) in [6.07, 6.45) is 4.29. The maximum atomic E-state index is 14.1. The van der Waals surface area contributed by atoms with Gasteiger partial charge in [-0.2, -0.15) is 0 Å². The minimum absolute atomic E-state index is 0.115. The molecule has 0 saturated heterocycles. The monoisotopic (exact) mass is 331 g/mol. The van der Waals surface area contributed by atoms with Crippen LogP contribution in [0.2, 0.25) is 0 Å². The summed E-state index contributed by atoms with van der Waals surface area (Å²) in [6, 6.07) is 3.07. The number of anilines is 1. The van der Waals surface area contributed by atoms with E-state index in [9.17, 15) is 8.78 Å². The molecule has 0 heterocycles. The van der Waals surface area contributed by atoms with Crippen molar-refractivity contribution in [3.63, 3.8) is 0 Å². The smallest absolute Gasteiger partial charge is 0.149 e. The van der Waals surface area contributed by atoms with Gasteiger partial charge in [0.2, 0.25) is 0 Å². The first-order chi connectivity index (χ1) is 9.02. The molecule has 106 valence electrons. The predicted octanol–water partition coefficient (Wildman–Crippen LogP) is 4.87. The van der Waals surface area contributed by atoms with Crippen molar-refractivity contribution >= 4 is 21.6 Å². The number of nitrogens with zero attached hydrogens (tertiary/aromatic N) is 1. The predicted molar refractivity (Wildman–Crippen MR) is 78.8 cm³/mol. The lowest BCUT2D eigenvalue weighted by Crippen LogP contribution is -2.36. The van der Waals surface area contributed by atoms with E-state index in [2.05, 4.69) is 22.9 Å². The van der Waals surface area contributed by atoms with Crippen LogP contribution in [-0.2, 0) is 5.33 Å². The molecule has 2 rings (SSSR count). The molecule has 1 saturated carbocycles. The van der Waals surface area contributed by atoms with Gasteiger partial charge in [0.1, 0.15) is 17.3 Å². The van der Waals surface area contributed by atoms with Crippen molar-refractivity contribution in [3.8, 4) is 0 Å². The van der Waals surface area contributed by atoms with Gasteiger partial charge < -0.3 is 4.90 Å². The van der Waals surface area contributed by atoms with E-state index in [-0.39, 0.29) is 11.7 Å². The SMILES string of the molecule is CC1CCC(N(C)c2c(F)cc(CBr)cc2F)CC1. The molecule has 0 radical (unpaired) electrons. The number of benzene rings is 1. The molecule has 19 heavy (non-hydrogen) atoms. The largest absolute Gasteiger partial charge is 0.367 e. The van der Waals surface area contributed by atoms with Crippen LogP contribution in [0.1, 0.15) is 38.2 Å². The van der Waals surface area contributed by atoms with Gasteiger partial charge in [-0.05, 0) is 49.3 Å². The van der Waals surface area contributed by atoms with E-state index in [1.165, 1.54) is 12.1 Å². The molecule has 1 fully saturated rings. The van der Waals surface area contributed by atoms with Gasteiger partial charge in [-0.3, -0.25) is 0 Å². The maximum absolute atomic E-state index is 14.1. The first-order valence-electron chi connectivity index (χ1n) is 6.79. The molecule has 0 amide bonds. The Morgan fingerprint density at radius 1 is 1.16 bits per heavy atom. The highest BCUT2D eigenvalue weighted by Gasteiger charge is 2.25. The van der Waals surface area contributed by atoms with Crippen LogP contribution in [0.3, 0.4) is 0 Å². The van der Waals surface area contributed by atoms with Gasteiger partial charge in [-0.25, -0.2) is 8.78 Å². The maximum Gasteiger partial charge on any atom is 0.149 e. The minimum Gasteiger partial charge on any atom is -0.367 e. The number of hydrogen-bond acceptors (Lipinski definition) is 1. The van der Waals surface area contributed by atoms with Crippen molar-refractivity contribution in [3.05, 3.63) is 29.3 Å². The second kappa shape index (κ2) is 6.21. The van der Waals surface area contributed by atoms with Crippen LogP contribution in [-0.4, -0.2) is 13.1 Å². The van der Waals surface area contributed by atoms with E-state index < -0.39 is 11.6 Å². The second-order valence-corrected chi connectivity index (χ2v) is 6.13. The molecule has 1 aliphatic rings. The van der Waals surface area contributed by atoms with Gasteiger partial charge in [-0.15, -0.1) is 0 Å². The third-order valence-electron chi connectivity index (χ3n) is 4.12. The number of hydrogen-bond donors (Lipinski definition) is 0. The van der Waals surface area contributed by atoms with Crippen LogP contribution in [0, 0.1) is 17.6 Å². The fourth-order valence-corrected chi connectivity index (χ4v) is 3.17. The molecule has 1 nitrogen and oxygen atoms in total. The Bertz CT molecular complexity index is 419. The van der Waals surface area contributed by atoms with Crippen LogP contribution in [0.4, 0.5) is 14.5 Å². The Morgan fingerprint density at radius 3 is 2.16 bits per heavy atom. The van der Waals surface area contributed by atoms with Crippen molar-refractivity contribution in [1.82, 2.24) is 0 Å². The number of halogens is 3. The van der Waals surface area contributed by atoms with Crippen LogP contribution in [0.5, 0.6) is 0 Å². The van der Waals surface area contributed by atoms with Gasteiger partial charge >= 0.3 is 0 Å². The first-order valence-corrected chi connectivity index (χ1v) is 7.91. The van der Waals surface area contributed by atoms with E-state index >= 15 is 0 Å². The molecule has 0 aliphatic heterocycles. The third kappa shape index (κ3) is 3.28. The van der Waals surface area contributed by atoms with Crippen LogP contribution < -0.4 is 4.90 Å². The van der Waals surface area contributed by atoms with Crippen molar-refractivity contribution in [2.24, 2.45) is 5.92 Å². The fourth-order valence-electron chi connectivity index (χ4n) is 2.84. The standard InChI is InChI=1S/C15H20BrF2N/c1-10-3-5-12(6-4-10)19(2)15-13(17)7-11(9-16)8-14(15)18/h7-8,10,12H,3-6,9H2,1-2H3. The Morgan fingerprint density at radius 2 is 1.68 bits per heavy atom. The highest BCUT2D eigenvalue weighted by atomic mass is 79.9. The van der Waals surface area contributed by atoms with Gasteiger partial charge in [0, 0.05) is 18.4 Å². The molecular formula is C15H20BrF2N. The highest BCUT2D eigenvalue weighted by molar-refractivity contribution is 9.08. The summed E-state index contributed by atoms with van der Waals surface area (Å²) < 4.78 is 28.2. The summed E-state index contributed by atoms with van der Waals surface area (Å²) in [5, 5.41) is 0.464. The van der Waals surface area contributed by atoms with E-state index in [0.29, 0.717) is 10.9 Å². The molecule has 4 heteroatoms. The quantitative estimate of drug-likeness (QED) is 0.714. The summed E-state index contributed by atoms with van der Waals surface area (Å²) in [5.74, 6) is -0.193. The average Bonchev–Trinajstić information content (AvgIpc) is 2.38. The molecule has 0 spiro atoms. The zero-order chi connectivity index (χ0) is 14.0. The average molecular weight is 332 g/mol. The third-order valence-corrected chi connectivity index (χ3v) is 4.76. The van der Waals surface area contributed by atoms with E-state index in [1.54, 1.807) is 11.9 Å². The summed E-state index contributed by atoms with van der Waals surface area (Å²) in [6.45, 7) is 2.24. The van der Waals surface area contributed by atoms with E-state index in [1.807, 2.05) is 0 Å². The van der Waals surface area contributed by atoms with Crippen molar-refractivity contribution < 1.29 is 8.78 Å². The molecule has 0 N–H and O–H groups in total. The van der Waals surface area contributed by atoms with Crippen molar-refractivity contribution in [2.45, 2.75) is 44.0 Å². The summed E-state index contributed by atoms with van der Waals surface area (Å²) in [7, 11) is 1.80. The van der Waals surface area contributed by atoms with Crippen molar-refractivity contribution in [2.75, 3.05) is 11.9 Å². The fraction of sp³-hybridized carbons (Fsp3) is 0.600. The normalized spacial score (nSPS) is 23.4. The highest BCUT2D eigenvalue weighted by Crippen LogP contribution is 2.32. The summed E-state index contributed by atoms with van der Waals surface area (Å²) in [4.78, 5) is 1.79. The molecule has 1 aromatic carbocycles.